The van der Waals surface area contributed by atoms with Crippen molar-refractivity contribution in [3.63, 3.8) is 0 Å². The van der Waals surface area contributed by atoms with E-state index in [1.165, 1.54) is 0 Å². The number of aryl methyl sites for hydroxylation is 4. The Labute approximate surface area is 141 Å². The third-order valence-corrected chi connectivity index (χ3v) is 4.36. The Morgan fingerprint density at radius 1 is 1.22 bits per heavy atom. The predicted molar refractivity (Wildman–Crippen MR) is 91.0 cm³/mol. The second-order valence-corrected chi connectivity index (χ2v) is 6.61. The molecule has 0 saturated carbocycles. The molecule has 1 heterocycles. The first-order chi connectivity index (χ1) is 10.6. The summed E-state index contributed by atoms with van der Waals surface area (Å²) >= 11 is 6.15. The molecular weight excluding hydrogens is 314 g/mol. The number of hydrogen-bond donors (Lipinski definition) is 2. The van der Waals surface area contributed by atoms with Crippen LogP contribution in [0.25, 0.3) is 0 Å². The molecule has 4 nitrogen and oxygen atoms in total. The highest BCUT2D eigenvalue weighted by Crippen LogP contribution is 2.27. The minimum absolute atomic E-state index is 0.0644. The number of halogens is 1. The molecule has 1 aromatic heterocycles. The first-order valence-electron chi connectivity index (χ1n) is 7.46. The zero-order valence-electron chi connectivity index (χ0n) is 14.1. The third kappa shape index (κ3) is 3.77. The average molecular weight is 336 g/mol. The van der Waals surface area contributed by atoms with Crippen molar-refractivity contribution in [2.45, 2.75) is 40.2 Å². The van der Waals surface area contributed by atoms with Gasteiger partial charge in [0.2, 0.25) is 0 Å². The Kier molecular flexibility index (Phi) is 4.87. The SMILES string of the molecule is Cc1cc(C(C)(O)CNC(=O)c2cc(C)c(C)cc2Cl)c(C)o1. The normalized spacial score (nSPS) is 13.7. The minimum atomic E-state index is -1.22. The average Bonchev–Trinajstić information content (AvgIpc) is 2.80. The van der Waals surface area contributed by atoms with Gasteiger partial charge in [0.25, 0.3) is 5.91 Å². The zero-order valence-corrected chi connectivity index (χ0v) is 14.8. The van der Waals surface area contributed by atoms with Crippen molar-refractivity contribution >= 4 is 17.5 Å². The number of carbonyl (C=O) groups is 1. The van der Waals surface area contributed by atoms with Crippen LogP contribution in [0.4, 0.5) is 0 Å². The van der Waals surface area contributed by atoms with Crippen LogP contribution in [0.2, 0.25) is 5.02 Å². The molecule has 1 aromatic carbocycles. The lowest BCUT2D eigenvalue weighted by atomic mass is 9.96. The predicted octanol–water partition coefficient (Wildman–Crippen LogP) is 3.80. The largest absolute Gasteiger partial charge is 0.466 e. The highest BCUT2D eigenvalue weighted by Gasteiger charge is 2.28. The van der Waals surface area contributed by atoms with Crippen molar-refractivity contribution in [3.8, 4) is 0 Å². The van der Waals surface area contributed by atoms with Crippen molar-refractivity contribution < 1.29 is 14.3 Å². The summed E-state index contributed by atoms with van der Waals surface area (Å²) in [5.41, 5.74) is 1.88. The molecule has 2 rings (SSSR count). The number of amides is 1. The second kappa shape index (κ2) is 6.38. The summed E-state index contributed by atoms with van der Waals surface area (Å²) in [5, 5.41) is 13.8. The Morgan fingerprint density at radius 3 is 2.39 bits per heavy atom. The molecule has 0 fully saturated rings. The van der Waals surface area contributed by atoms with Gasteiger partial charge in [-0.15, -0.1) is 0 Å². The molecule has 0 radical (unpaired) electrons. The van der Waals surface area contributed by atoms with Crippen molar-refractivity contribution in [1.29, 1.82) is 0 Å². The van der Waals surface area contributed by atoms with Crippen LogP contribution in [0.5, 0.6) is 0 Å². The van der Waals surface area contributed by atoms with Gasteiger partial charge in [-0.05, 0) is 63.9 Å². The van der Waals surface area contributed by atoms with E-state index in [9.17, 15) is 9.90 Å². The molecule has 0 aliphatic carbocycles. The maximum atomic E-state index is 12.4. The summed E-state index contributed by atoms with van der Waals surface area (Å²) in [7, 11) is 0. The first-order valence-corrected chi connectivity index (χ1v) is 7.84. The van der Waals surface area contributed by atoms with Crippen LogP contribution >= 0.6 is 11.6 Å². The van der Waals surface area contributed by atoms with Gasteiger partial charge in [0.15, 0.2) is 0 Å². The molecule has 0 aliphatic heterocycles. The first kappa shape index (κ1) is 17.6. The highest BCUT2D eigenvalue weighted by molar-refractivity contribution is 6.34. The van der Waals surface area contributed by atoms with Crippen LogP contribution in [0.3, 0.4) is 0 Å². The molecule has 0 saturated heterocycles. The highest BCUT2D eigenvalue weighted by atomic mass is 35.5. The maximum absolute atomic E-state index is 12.4. The Bertz CT molecular complexity index is 747. The standard InChI is InChI=1S/C18H22ClNO3/c1-10-6-14(16(19)7-11(10)2)17(21)20-9-18(5,22)15-8-12(3)23-13(15)4/h6-8,22H,9H2,1-5H3,(H,20,21). The van der Waals surface area contributed by atoms with Gasteiger partial charge >= 0.3 is 0 Å². The van der Waals surface area contributed by atoms with E-state index in [0.717, 1.165) is 16.9 Å². The number of aliphatic hydroxyl groups is 1. The van der Waals surface area contributed by atoms with E-state index in [0.29, 0.717) is 21.9 Å². The fourth-order valence-corrected chi connectivity index (χ4v) is 2.87. The summed E-state index contributed by atoms with van der Waals surface area (Å²) in [6.07, 6.45) is 0. The third-order valence-electron chi connectivity index (χ3n) is 4.04. The van der Waals surface area contributed by atoms with Gasteiger partial charge in [-0.2, -0.15) is 0 Å². The van der Waals surface area contributed by atoms with Gasteiger partial charge in [-0.25, -0.2) is 0 Å². The summed E-state index contributed by atoms with van der Waals surface area (Å²) in [6.45, 7) is 9.19. The molecule has 2 aromatic rings. The number of furan rings is 1. The van der Waals surface area contributed by atoms with Crippen LogP contribution in [0.15, 0.2) is 22.6 Å². The summed E-state index contributed by atoms with van der Waals surface area (Å²) in [6, 6.07) is 5.31. The van der Waals surface area contributed by atoms with Gasteiger partial charge in [-0.3, -0.25) is 4.79 Å². The van der Waals surface area contributed by atoms with Gasteiger partial charge in [-0.1, -0.05) is 11.6 Å². The zero-order chi connectivity index (χ0) is 17.4. The topological polar surface area (TPSA) is 62.5 Å². The van der Waals surface area contributed by atoms with E-state index in [4.69, 9.17) is 16.0 Å². The number of benzene rings is 1. The monoisotopic (exact) mass is 335 g/mol. The number of hydrogen-bond acceptors (Lipinski definition) is 3. The Morgan fingerprint density at radius 2 is 1.83 bits per heavy atom. The number of carbonyl (C=O) groups excluding carboxylic acids is 1. The molecule has 2 N–H and O–H groups in total. The van der Waals surface area contributed by atoms with Crippen molar-refractivity contribution in [1.82, 2.24) is 5.32 Å². The Hall–Kier alpha value is -1.78. The van der Waals surface area contributed by atoms with Crippen molar-refractivity contribution in [2.24, 2.45) is 0 Å². The lowest BCUT2D eigenvalue weighted by Gasteiger charge is -2.23. The molecular formula is C18H22ClNO3. The van der Waals surface area contributed by atoms with E-state index in [1.807, 2.05) is 20.8 Å². The molecule has 1 amide bonds. The smallest absolute Gasteiger partial charge is 0.252 e. The van der Waals surface area contributed by atoms with E-state index >= 15 is 0 Å². The van der Waals surface area contributed by atoms with Crippen molar-refractivity contribution in [2.75, 3.05) is 6.54 Å². The van der Waals surface area contributed by atoms with Gasteiger partial charge in [0.1, 0.15) is 17.1 Å². The number of nitrogens with one attached hydrogen (secondary N) is 1. The molecule has 0 spiro atoms. The van der Waals surface area contributed by atoms with Gasteiger partial charge in [0, 0.05) is 5.56 Å². The molecule has 124 valence electrons. The summed E-state index contributed by atoms with van der Waals surface area (Å²) < 4.78 is 5.45. The molecule has 0 aliphatic rings. The molecule has 1 atom stereocenters. The van der Waals surface area contributed by atoms with Crippen LogP contribution < -0.4 is 5.32 Å². The minimum Gasteiger partial charge on any atom is -0.466 e. The van der Waals surface area contributed by atoms with E-state index in [1.54, 1.807) is 32.0 Å². The van der Waals surface area contributed by atoms with Crippen LogP contribution in [-0.2, 0) is 5.60 Å². The summed E-state index contributed by atoms with van der Waals surface area (Å²) in [4.78, 5) is 12.4. The second-order valence-electron chi connectivity index (χ2n) is 6.20. The van der Waals surface area contributed by atoms with E-state index < -0.39 is 5.60 Å². The fourth-order valence-electron chi connectivity index (χ4n) is 2.56. The van der Waals surface area contributed by atoms with E-state index in [2.05, 4.69) is 5.32 Å². The Balaban J connectivity index is 2.15. The van der Waals surface area contributed by atoms with Crippen molar-refractivity contribution in [3.05, 3.63) is 57.0 Å². The van der Waals surface area contributed by atoms with E-state index in [-0.39, 0.29) is 12.5 Å². The fraction of sp³-hybridized carbons (Fsp3) is 0.389. The van der Waals surface area contributed by atoms with Crippen LogP contribution in [-0.4, -0.2) is 17.6 Å². The molecule has 0 bridgehead atoms. The quantitative estimate of drug-likeness (QED) is 0.893. The number of rotatable bonds is 4. The van der Waals surface area contributed by atoms with Crippen LogP contribution in [0.1, 0.15) is 45.5 Å². The molecule has 23 heavy (non-hydrogen) atoms. The van der Waals surface area contributed by atoms with Gasteiger partial charge in [0.05, 0.1) is 17.1 Å². The summed E-state index contributed by atoms with van der Waals surface area (Å²) in [5.74, 6) is 1.06. The molecule has 1 unspecified atom stereocenters. The lowest BCUT2D eigenvalue weighted by Crippen LogP contribution is -2.38. The van der Waals surface area contributed by atoms with Gasteiger partial charge < -0.3 is 14.8 Å². The lowest BCUT2D eigenvalue weighted by molar-refractivity contribution is 0.0514. The molecule has 5 heteroatoms. The maximum Gasteiger partial charge on any atom is 0.252 e. The van der Waals surface area contributed by atoms with Crippen LogP contribution in [0, 0.1) is 27.7 Å².